The van der Waals surface area contributed by atoms with Gasteiger partial charge in [-0.2, -0.15) is 0 Å². The Hall–Kier alpha value is 0.100. The second-order valence-electron chi connectivity index (χ2n) is 3.60. The number of halogens is 1. The van der Waals surface area contributed by atoms with Crippen molar-refractivity contribution < 1.29 is 9.84 Å². The maximum Gasteiger partial charge on any atom is 0.114 e. The number of hydrogen-bond donors (Lipinski definition) is 1. The molecule has 0 radical (unpaired) electrons. The molecule has 1 aliphatic heterocycles. The van der Waals surface area contributed by atoms with Crippen LogP contribution in [0.5, 0.6) is 0 Å². The number of rotatable bonds is 2. The van der Waals surface area contributed by atoms with E-state index in [4.69, 9.17) is 4.74 Å². The summed E-state index contributed by atoms with van der Waals surface area (Å²) in [6.45, 7) is 2.82. The summed E-state index contributed by atoms with van der Waals surface area (Å²) in [5.74, 6) is 0. The number of aryl methyl sites for hydroxylation is 1. The highest BCUT2D eigenvalue weighted by molar-refractivity contribution is 9.11. The predicted octanol–water partition coefficient (Wildman–Crippen LogP) is 3.03. The zero-order valence-corrected chi connectivity index (χ0v) is 10.4. The Morgan fingerprint density at radius 1 is 1.71 bits per heavy atom. The van der Waals surface area contributed by atoms with Gasteiger partial charge in [0, 0.05) is 11.5 Å². The first-order valence-electron chi connectivity index (χ1n) is 4.74. The lowest BCUT2D eigenvalue weighted by atomic mass is 10.1. The average molecular weight is 277 g/mol. The number of hydrogen-bond acceptors (Lipinski definition) is 3. The maximum atomic E-state index is 10.0. The van der Waals surface area contributed by atoms with Gasteiger partial charge in [0.2, 0.25) is 0 Å². The van der Waals surface area contributed by atoms with Crippen LogP contribution in [0.25, 0.3) is 0 Å². The van der Waals surface area contributed by atoms with Crippen molar-refractivity contribution in [1.82, 2.24) is 0 Å². The van der Waals surface area contributed by atoms with Crippen LogP contribution in [-0.4, -0.2) is 17.8 Å². The quantitative estimate of drug-likeness (QED) is 0.900. The van der Waals surface area contributed by atoms with E-state index in [9.17, 15) is 5.11 Å². The van der Waals surface area contributed by atoms with Gasteiger partial charge in [0.1, 0.15) is 6.10 Å². The third kappa shape index (κ3) is 2.03. The summed E-state index contributed by atoms with van der Waals surface area (Å²) in [4.78, 5) is 1.00. The van der Waals surface area contributed by atoms with E-state index in [1.165, 1.54) is 5.56 Å². The van der Waals surface area contributed by atoms with Crippen molar-refractivity contribution in [1.29, 1.82) is 0 Å². The molecule has 0 saturated carbocycles. The van der Waals surface area contributed by atoms with Gasteiger partial charge in [-0.3, -0.25) is 0 Å². The van der Waals surface area contributed by atoms with Gasteiger partial charge < -0.3 is 9.84 Å². The van der Waals surface area contributed by atoms with Crippen LogP contribution in [0, 0.1) is 6.92 Å². The highest BCUT2D eigenvalue weighted by Gasteiger charge is 2.26. The Balaban J connectivity index is 2.13. The fourth-order valence-corrected chi connectivity index (χ4v) is 3.27. The Bertz CT molecular complexity index is 298. The second-order valence-corrected chi connectivity index (χ2v) is 6.00. The number of ether oxygens (including phenoxy) is 1. The summed E-state index contributed by atoms with van der Waals surface area (Å²) in [5, 5.41) is 10.0. The normalized spacial score (nSPS) is 24.1. The van der Waals surface area contributed by atoms with Crippen LogP contribution in [0.3, 0.4) is 0 Å². The van der Waals surface area contributed by atoms with Gasteiger partial charge in [0.05, 0.1) is 9.89 Å². The van der Waals surface area contributed by atoms with Gasteiger partial charge >= 0.3 is 0 Å². The van der Waals surface area contributed by atoms with Gasteiger partial charge in [-0.15, -0.1) is 11.3 Å². The van der Waals surface area contributed by atoms with E-state index >= 15 is 0 Å². The maximum absolute atomic E-state index is 10.0. The monoisotopic (exact) mass is 276 g/mol. The zero-order valence-electron chi connectivity index (χ0n) is 8.00. The topological polar surface area (TPSA) is 29.5 Å². The Morgan fingerprint density at radius 2 is 2.50 bits per heavy atom. The summed E-state index contributed by atoms with van der Waals surface area (Å²) in [6.07, 6.45) is 1.58. The molecule has 4 heteroatoms. The van der Waals surface area contributed by atoms with Crippen molar-refractivity contribution >= 4 is 27.3 Å². The van der Waals surface area contributed by atoms with Crippen LogP contribution in [0.15, 0.2) is 9.85 Å². The number of aliphatic hydroxyl groups is 1. The third-order valence-corrected chi connectivity index (χ3v) is 4.69. The van der Waals surface area contributed by atoms with E-state index in [1.807, 2.05) is 13.0 Å². The molecule has 2 heterocycles. The second kappa shape index (κ2) is 4.31. The molecule has 78 valence electrons. The van der Waals surface area contributed by atoms with E-state index in [2.05, 4.69) is 15.9 Å². The zero-order chi connectivity index (χ0) is 10.1. The van der Waals surface area contributed by atoms with Crippen molar-refractivity contribution in [3.05, 3.63) is 20.3 Å². The molecule has 0 spiro atoms. The standard InChI is InChI=1S/C10H13BrO2S/c1-6-5-8(14-10(6)11)9(12)7-3-2-4-13-7/h5,7,9,12H,2-4H2,1H3. The minimum Gasteiger partial charge on any atom is -0.385 e. The molecule has 1 aliphatic rings. The molecule has 1 aromatic heterocycles. The first-order valence-corrected chi connectivity index (χ1v) is 6.35. The van der Waals surface area contributed by atoms with Crippen molar-refractivity contribution in [3.8, 4) is 0 Å². The molecule has 1 saturated heterocycles. The van der Waals surface area contributed by atoms with E-state index < -0.39 is 6.10 Å². The van der Waals surface area contributed by atoms with Crippen molar-refractivity contribution in [2.24, 2.45) is 0 Å². The first kappa shape index (κ1) is 10.6. The van der Waals surface area contributed by atoms with E-state index in [-0.39, 0.29) is 6.10 Å². The smallest absolute Gasteiger partial charge is 0.114 e. The molecule has 0 amide bonds. The molecule has 0 aromatic carbocycles. The minimum atomic E-state index is -0.451. The number of aliphatic hydroxyl groups excluding tert-OH is 1. The summed E-state index contributed by atoms with van der Waals surface area (Å²) < 4.78 is 6.56. The Morgan fingerprint density at radius 3 is 3.00 bits per heavy atom. The van der Waals surface area contributed by atoms with E-state index in [1.54, 1.807) is 11.3 Å². The molecule has 0 aliphatic carbocycles. The van der Waals surface area contributed by atoms with Crippen LogP contribution in [0.2, 0.25) is 0 Å². The Kier molecular flexibility index (Phi) is 3.27. The Labute approximate surface area is 96.0 Å². The molecule has 2 unspecified atom stereocenters. The third-order valence-electron chi connectivity index (χ3n) is 2.48. The fraction of sp³-hybridized carbons (Fsp3) is 0.600. The van der Waals surface area contributed by atoms with Gasteiger partial charge in [-0.1, -0.05) is 0 Å². The van der Waals surface area contributed by atoms with Crippen LogP contribution in [-0.2, 0) is 4.74 Å². The number of thiophene rings is 1. The van der Waals surface area contributed by atoms with Crippen LogP contribution in [0.1, 0.15) is 29.4 Å². The highest BCUT2D eigenvalue weighted by atomic mass is 79.9. The highest BCUT2D eigenvalue weighted by Crippen LogP contribution is 2.35. The predicted molar refractivity (Wildman–Crippen MR) is 60.7 cm³/mol. The summed E-state index contributed by atoms with van der Waals surface area (Å²) in [6, 6.07) is 2.03. The lowest BCUT2D eigenvalue weighted by Gasteiger charge is -2.15. The molecule has 1 aromatic rings. The summed E-state index contributed by atoms with van der Waals surface area (Å²) in [7, 11) is 0. The van der Waals surface area contributed by atoms with Gasteiger partial charge in [0.15, 0.2) is 0 Å². The van der Waals surface area contributed by atoms with Gasteiger partial charge in [-0.25, -0.2) is 0 Å². The van der Waals surface area contributed by atoms with Gasteiger partial charge in [-0.05, 0) is 47.3 Å². The van der Waals surface area contributed by atoms with Gasteiger partial charge in [0.25, 0.3) is 0 Å². The SMILES string of the molecule is Cc1cc(C(O)C2CCCO2)sc1Br. The first-order chi connectivity index (χ1) is 6.68. The molecule has 14 heavy (non-hydrogen) atoms. The minimum absolute atomic E-state index is 0.0000463. The average Bonchev–Trinajstić information content (AvgIpc) is 2.76. The van der Waals surface area contributed by atoms with Crippen LogP contribution in [0.4, 0.5) is 0 Å². The van der Waals surface area contributed by atoms with Crippen LogP contribution >= 0.6 is 27.3 Å². The fourth-order valence-electron chi connectivity index (χ4n) is 1.66. The molecule has 2 rings (SSSR count). The molecular formula is C10H13BrO2S. The molecule has 2 atom stereocenters. The van der Waals surface area contributed by atoms with Crippen molar-refractivity contribution in [3.63, 3.8) is 0 Å². The molecule has 1 N–H and O–H groups in total. The van der Waals surface area contributed by atoms with E-state index in [0.29, 0.717) is 0 Å². The summed E-state index contributed by atoms with van der Waals surface area (Å²) >= 11 is 5.06. The molecule has 0 bridgehead atoms. The molecule has 1 fully saturated rings. The largest absolute Gasteiger partial charge is 0.385 e. The summed E-state index contributed by atoms with van der Waals surface area (Å²) in [5.41, 5.74) is 1.18. The van der Waals surface area contributed by atoms with Crippen molar-refractivity contribution in [2.45, 2.75) is 32.0 Å². The lowest BCUT2D eigenvalue weighted by molar-refractivity contribution is -0.000786. The van der Waals surface area contributed by atoms with E-state index in [0.717, 1.165) is 28.1 Å². The van der Waals surface area contributed by atoms with Crippen LogP contribution < -0.4 is 0 Å². The molecule has 2 nitrogen and oxygen atoms in total. The lowest BCUT2D eigenvalue weighted by Crippen LogP contribution is -2.15. The molecular weight excluding hydrogens is 264 g/mol. The van der Waals surface area contributed by atoms with Crippen molar-refractivity contribution in [2.75, 3.05) is 6.61 Å².